The minimum atomic E-state index is -3.60. The lowest BCUT2D eigenvalue weighted by Gasteiger charge is -2.29. The minimum Gasteiger partial charge on any atom is -0.494 e. The molecule has 1 saturated carbocycles. The monoisotopic (exact) mass is 351 g/mol. The molecule has 8 nitrogen and oxygen atoms in total. The summed E-state index contributed by atoms with van der Waals surface area (Å²) in [6.45, 7) is 2.09. The van der Waals surface area contributed by atoms with Gasteiger partial charge in [0.25, 0.3) is 0 Å². The fourth-order valence-electron chi connectivity index (χ4n) is 3.04. The lowest BCUT2D eigenvalue weighted by atomic mass is 9.87. The van der Waals surface area contributed by atoms with E-state index in [2.05, 4.69) is 27.2 Å². The van der Waals surface area contributed by atoms with Crippen LogP contribution in [-0.4, -0.2) is 41.8 Å². The third-order valence-electron chi connectivity index (χ3n) is 4.48. The van der Waals surface area contributed by atoms with Gasteiger partial charge < -0.3 is 4.74 Å². The maximum atomic E-state index is 12.7. The predicted molar refractivity (Wildman–Crippen MR) is 87.4 cm³/mol. The van der Waals surface area contributed by atoms with E-state index < -0.39 is 10.0 Å². The van der Waals surface area contributed by atoms with Crippen LogP contribution in [0.25, 0.3) is 5.69 Å². The number of benzene rings is 1. The Morgan fingerprint density at radius 3 is 2.75 bits per heavy atom. The molecule has 0 spiro atoms. The van der Waals surface area contributed by atoms with Crippen LogP contribution in [0, 0.1) is 5.92 Å². The second-order valence-corrected chi connectivity index (χ2v) is 7.79. The van der Waals surface area contributed by atoms with E-state index in [9.17, 15) is 8.42 Å². The van der Waals surface area contributed by atoms with Crippen LogP contribution in [0.1, 0.15) is 32.6 Å². The van der Waals surface area contributed by atoms with E-state index in [0.29, 0.717) is 17.4 Å². The summed E-state index contributed by atoms with van der Waals surface area (Å²) in [5.41, 5.74) is 0.576. The lowest BCUT2D eigenvalue weighted by Crippen LogP contribution is -2.40. The van der Waals surface area contributed by atoms with Gasteiger partial charge in [0.05, 0.1) is 12.0 Å². The van der Waals surface area contributed by atoms with Crippen LogP contribution >= 0.6 is 0 Å². The number of nitrogens with one attached hydrogen (secondary N) is 1. The number of methoxy groups -OCH3 is 1. The Balaban J connectivity index is 1.88. The third-order valence-corrected chi connectivity index (χ3v) is 5.96. The van der Waals surface area contributed by atoms with Gasteiger partial charge in [-0.3, -0.25) is 0 Å². The van der Waals surface area contributed by atoms with Gasteiger partial charge in [-0.1, -0.05) is 19.8 Å². The Labute approximate surface area is 141 Å². The number of ether oxygens (including phenoxy) is 1. The van der Waals surface area contributed by atoms with Gasteiger partial charge in [-0.05, 0) is 41.3 Å². The molecule has 0 amide bonds. The molecule has 2 aromatic rings. The van der Waals surface area contributed by atoms with Crippen molar-refractivity contribution in [1.82, 2.24) is 24.9 Å². The van der Waals surface area contributed by atoms with E-state index >= 15 is 0 Å². The van der Waals surface area contributed by atoms with E-state index in [1.807, 2.05) is 0 Å². The summed E-state index contributed by atoms with van der Waals surface area (Å²) < 4.78 is 35.0. The molecule has 1 fully saturated rings. The molecule has 0 bridgehead atoms. The average Bonchev–Trinajstić information content (AvgIpc) is 3.10. The van der Waals surface area contributed by atoms with Gasteiger partial charge in [-0.25, -0.2) is 13.1 Å². The van der Waals surface area contributed by atoms with E-state index in [1.54, 1.807) is 6.07 Å². The molecule has 24 heavy (non-hydrogen) atoms. The summed E-state index contributed by atoms with van der Waals surface area (Å²) in [6.07, 6.45) is 5.57. The molecular formula is C15H21N5O3S. The van der Waals surface area contributed by atoms with Crippen molar-refractivity contribution < 1.29 is 13.2 Å². The number of hydrogen-bond donors (Lipinski definition) is 1. The fourth-order valence-corrected chi connectivity index (χ4v) is 4.44. The summed E-state index contributed by atoms with van der Waals surface area (Å²) in [4.78, 5) is 0.175. The van der Waals surface area contributed by atoms with Crippen LogP contribution in [0.5, 0.6) is 5.75 Å². The van der Waals surface area contributed by atoms with Crippen LogP contribution in [0.4, 0.5) is 0 Å². The molecule has 9 heteroatoms. The first kappa shape index (κ1) is 16.8. The Hall–Kier alpha value is -2.00. The SMILES string of the molecule is COc1cc(S(=O)(=O)N[C@H]2CCCC[C@@H]2C)ccc1-n1cnnn1. The van der Waals surface area contributed by atoms with E-state index in [-0.39, 0.29) is 10.9 Å². The number of rotatable bonds is 5. The molecule has 130 valence electrons. The molecule has 1 N–H and O–H groups in total. The van der Waals surface area contributed by atoms with Crippen LogP contribution in [0.3, 0.4) is 0 Å². The average molecular weight is 351 g/mol. The van der Waals surface area contributed by atoms with Gasteiger partial charge in [0.1, 0.15) is 17.8 Å². The Kier molecular flexibility index (Phi) is 4.81. The first-order valence-electron chi connectivity index (χ1n) is 7.95. The maximum Gasteiger partial charge on any atom is 0.240 e. The second kappa shape index (κ2) is 6.86. The molecule has 2 atom stereocenters. The number of hydrogen-bond acceptors (Lipinski definition) is 6. The third kappa shape index (κ3) is 3.41. The number of tetrazole rings is 1. The van der Waals surface area contributed by atoms with Crippen LogP contribution < -0.4 is 9.46 Å². The number of aromatic nitrogens is 4. The highest BCUT2D eigenvalue weighted by atomic mass is 32.2. The smallest absolute Gasteiger partial charge is 0.240 e. The summed E-state index contributed by atoms with van der Waals surface area (Å²) in [7, 11) is -2.12. The van der Waals surface area contributed by atoms with Crippen molar-refractivity contribution in [3.05, 3.63) is 24.5 Å². The van der Waals surface area contributed by atoms with Crippen molar-refractivity contribution in [1.29, 1.82) is 0 Å². The van der Waals surface area contributed by atoms with Gasteiger partial charge in [0.15, 0.2) is 0 Å². The lowest BCUT2D eigenvalue weighted by molar-refractivity contribution is 0.310. The van der Waals surface area contributed by atoms with Gasteiger partial charge in [-0.2, -0.15) is 4.68 Å². The van der Waals surface area contributed by atoms with Crippen molar-refractivity contribution in [2.75, 3.05) is 7.11 Å². The van der Waals surface area contributed by atoms with E-state index in [4.69, 9.17) is 4.74 Å². The van der Waals surface area contributed by atoms with Crippen LogP contribution in [0.15, 0.2) is 29.4 Å². The topological polar surface area (TPSA) is 99.0 Å². The molecule has 3 rings (SSSR count). The second-order valence-electron chi connectivity index (χ2n) is 6.08. The molecule has 1 aliphatic rings. The quantitative estimate of drug-likeness (QED) is 0.877. The zero-order valence-corrected chi connectivity index (χ0v) is 14.5. The minimum absolute atomic E-state index is 0.0195. The molecule has 1 aromatic heterocycles. The number of sulfonamides is 1. The van der Waals surface area contributed by atoms with Gasteiger partial charge in [0.2, 0.25) is 10.0 Å². The molecular weight excluding hydrogens is 330 g/mol. The van der Waals surface area contributed by atoms with Gasteiger partial charge in [-0.15, -0.1) is 5.10 Å². The summed E-state index contributed by atoms with van der Waals surface area (Å²) >= 11 is 0. The highest BCUT2D eigenvalue weighted by Crippen LogP contribution is 2.28. The van der Waals surface area contributed by atoms with Crippen molar-refractivity contribution in [3.8, 4) is 11.4 Å². The van der Waals surface area contributed by atoms with Crippen LogP contribution in [-0.2, 0) is 10.0 Å². The Bertz CT molecular complexity index is 791. The normalized spacial score (nSPS) is 21.6. The maximum absolute atomic E-state index is 12.7. The van der Waals surface area contributed by atoms with E-state index in [0.717, 1.165) is 25.7 Å². The summed E-state index contributed by atoms with van der Waals surface area (Å²) in [5, 5.41) is 11.0. The first-order chi connectivity index (χ1) is 11.5. The summed E-state index contributed by atoms with van der Waals surface area (Å²) in [6, 6.07) is 4.64. The van der Waals surface area contributed by atoms with E-state index in [1.165, 1.54) is 30.3 Å². The standard InChI is InChI=1S/C15H21N5O3S/c1-11-5-3-4-6-13(11)17-24(21,22)12-7-8-14(15(9-12)23-2)20-10-16-18-19-20/h7-11,13,17H,3-6H2,1-2H3/t11-,13-/m0/s1. The highest BCUT2D eigenvalue weighted by molar-refractivity contribution is 7.89. The molecule has 1 heterocycles. The van der Waals surface area contributed by atoms with Crippen molar-refractivity contribution >= 4 is 10.0 Å². The highest BCUT2D eigenvalue weighted by Gasteiger charge is 2.27. The fraction of sp³-hybridized carbons (Fsp3) is 0.533. The first-order valence-corrected chi connectivity index (χ1v) is 9.43. The van der Waals surface area contributed by atoms with Crippen LogP contribution in [0.2, 0.25) is 0 Å². The largest absolute Gasteiger partial charge is 0.494 e. The predicted octanol–water partition coefficient (Wildman–Crippen LogP) is 1.53. The zero-order valence-electron chi connectivity index (χ0n) is 13.7. The Morgan fingerprint density at radius 1 is 1.29 bits per heavy atom. The molecule has 1 aromatic carbocycles. The summed E-state index contributed by atoms with van der Waals surface area (Å²) in [5.74, 6) is 0.734. The molecule has 1 aliphatic carbocycles. The Morgan fingerprint density at radius 2 is 2.08 bits per heavy atom. The molecule has 0 aliphatic heterocycles. The van der Waals surface area contributed by atoms with Gasteiger partial charge in [0, 0.05) is 12.1 Å². The van der Waals surface area contributed by atoms with Crippen molar-refractivity contribution in [2.45, 2.75) is 43.5 Å². The number of nitrogens with zero attached hydrogens (tertiary/aromatic N) is 4. The zero-order chi connectivity index (χ0) is 17.2. The van der Waals surface area contributed by atoms with Crippen molar-refractivity contribution in [3.63, 3.8) is 0 Å². The van der Waals surface area contributed by atoms with Gasteiger partial charge >= 0.3 is 0 Å². The molecule has 0 saturated heterocycles. The molecule has 0 unspecified atom stereocenters. The van der Waals surface area contributed by atoms with Crippen molar-refractivity contribution in [2.24, 2.45) is 5.92 Å². The molecule has 0 radical (unpaired) electrons.